The number of aryl methyl sites for hydroxylation is 1. The second-order valence-electron chi connectivity index (χ2n) is 10.5. The maximum atomic E-state index is 14.2. The van der Waals surface area contributed by atoms with Gasteiger partial charge in [0.25, 0.3) is 0 Å². The Balaban J connectivity index is 1.25. The van der Waals surface area contributed by atoms with Crippen molar-refractivity contribution in [2.75, 3.05) is 5.32 Å². The second-order valence-corrected chi connectivity index (χ2v) is 10.5. The maximum absolute atomic E-state index is 14.2. The molecule has 1 saturated carbocycles. The molecule has 3 N–H and O–H groups in total. The lowest BCUT2D eigenvalue weighted by atomic mass is 10.0. The van der Waals surface area contributed by atoms with Gasteiger partial charge in [-0.25, -0.2) is 9.37 Å². The molecule has 0 saturated heterocycles. The summed E-state index contributed by atoms with van der Waals surface area (Å²) in [7, 11) is 0. The van der Waals surface area contributed by atoms with Gasteiger partial charge < -0.3 is 10.3 Å². The SMILES string of the molecule is Cc1cc(F)cc(-c2cncc3[nH]c(-c4n[nH]c5ncc(-c6cncc(NC(=O)C7CCCC7)c6)cc45)cc23)c1. The first-order chi connectivity index (χ1) is 19.5. The molecule has 8 nitrogen and oxygen atoms in total. The summed E-state index contributed by atoms with van der Waals surface area (Å²) in [6.45, 7) is 1.87. The van der Waals surface area contributed by atoms with Crippen LogP contribution in [0.4, 0.5) is 10.1 Å². The van der Waals surface area contributed by atoms with Crippen molar-refractivity contribution in [3.8, 4) is 33.6 Å². The molecule has 0 spiro atoms. The van der Waals surface area contributed by atoms with E-state index in [1.165, 1.54) is 12.1 Å². The highest BCUT2D eigenvalue weighted by molar-refractivity contribution is 6.01. The van der Waals surface area contributed by atoms with Crippen molar-refractivity contribution in [3.05, 3.63) is 78.8 Å². The van der Waals surface area contributed by atoms with E-state index in [0.717, 1.165) is 75.5 Å². The lowest BCUT2D eigenvalue weighted by Gasteiger charge is -2.11. The van der Waals surface area contributed by atoms with Crippen molar-refractivity contribution in [1.29, 1.82) is 0 Å². The molecule has 1 aliphatic rings. The van der Waals surface area contributed by atoms with Crippen LogP contribution in [-0.2, 0) is 4.79 Å². The molecule has 1 fully saturated rings. The van der Waals surface area contributed by atoms with Crippen LogP contribution in [0.3, 0.4) is 0 Å². The van der Waals surface area contributed by atoms with E-state index >= 15 is 0 Å². The number of anilines is 1. The summed E-state index contributed by atoms with van der Waals surface area (Å²) >= 11 is 0. The fraction of sp³-hybridized carbons (Fsp3) is 0.194. The molecule has 5 aromatic heterocycles. The van der Waals surface area contributed by atoms with Crippen molar-refractivity contribution < 1.29 is 9.18 Å². The van der Waals surface area contributed by atoms with Gasteiger partial charge in [0.05, 0.1) is 29.3 Å². The van der Waals surface area contributed by atoms with Gasteiger partial charge in [0.15, 0.2) is 5.65 Å². The first kappa shape index (κ1) is 24.1. The molecule has 198 valence electrons. The first-order valence-electron chi connectivity index (χ1n) is 13.4. The third kappa shape index (κ3) is 4.39. The highest BCUT2D eigenvalue weighted by Crippen LogP contribution is 2.35. The predicted octanol–water partition coefficient (Wildman–Crippen LogP) is 6.81. The summed E-state index contributed by atoms with van der Waals surface area (Å²) in [6, 6.07) is 10.9. The zero-order chi connectivity index (χ0) is 27.2. The zero-order valence-electron chi connectivity index (χ0n) is 21.8. The van der Waals surface area contributed by atoms with Crippen molar-refractivity contribution in [1.82, 2.24) is 30.1 Å². The number of hydrogen-bond donors (Lipinski definition) is 3. The number of amides is 1. The van der Waals surface area contributed by atoms with Crippen LogP contribution in [0.25, 0.3) is 55.6 Å². The normalized spacial score (nSPS) is 13.8. The smallest absolute Gasteiger partial charge is 0.227 e. The third-order valence-electron chi connectivity index (χ3n) is 7.64. The van der Waals surface area contributed by atoms with Gasteiger partial charge >= 0.3 is 0 Å². The van der Waals surface area contributed by atoms with Gasteiger partial charge in [-0.2, -0.15) is 5.10 Å². The van der Waals surface area contributed by atoms with Gasteiger partial charge in [-0.05, 0) is 61.2 Å². The Bertz CT molecular complexity index is 1880. The Morgan fingerprint density at radius 1 is 0.900 bits per heavy atom. The Morgan fingerprint density at radius 3 is 2.58 bits per heavy atom. The summed E-state index contributed by atoms with van der Waals surface area (Å²) < 4.78 is 14.2. The number of carbonyl (C=O) groups is 1. The zero-order valence-corrected chi connectivity index (χ0v) is 21.8. The highest BCUT2D eigenvalue weighted by Gasteiger charge is 2.23. The fourth-order valence-electron chi connectivity index (χ4n) is 5.67. The molecule has 5 heterocycles. The minimum Gasteiger partial charge on any atom is -0.352 e. The van der Waals surface area contributed by atoms with Crippen LogP contribution in [0.1, 0.15) is 31.2 Å². The Labute approximate surface area is 229 Å². The van der Waals surface area contributed by atoms with E-state index in [1.807, 2.05) is 31.2 Å². The number of rotatable bonds is 5. The van der Waals surface area contributed by atoms with Gasteiger partial charge in [-0.3, -0.25) is 19.9 Å². The Morgan fingerprint density at radius 2 is 1.73 bits per heavy atom. The Hall–Kier alpha value is -4.92. The highest BCUT2D eigenvalue weighted by atomic mass is 19.1. The molecular weight excluding hydrogens is 505 g/mol. The minimum atomic E-state index is -0.281. The minimum absolute atomic E-state index is 0.0585. The van der Waals surface area contributed by atoms with E-state index in [9.17, 15) is 9.18 Å². The molecule has 1 amide bonds. The van der Waals surface area contributed by atoms with E-state index in [1.54, 1.807) is 31.0 Å². The van der Waals surface area contributed by atoms with Gasteiger partial charge in [-0.1, -0.05) is 18.9 Å². The number of carbonyl (C=O) groups excluding carboxylic acids is 1. The number of H-pyrrole nitrogens is 2. The lowest BCUT2D eigenvalue weighted by molar-refractivity contribution is -0.119. The largest absolute Gasteiger partial charge is 0.352 e. The first-order valence-corrected chi connectivity index (χ1v) is 13.4. The van der Waals surface area contributed by atoms with Crippen molar-refractivity contribution in [2.24, 2.45) is 5.92 Å². The van der Waals surface area contributed by atoms with E-state index in [2.05, 4.69) is 35.5 Å². The van der Waals surface area contributed by atoms with E-state index < -0.39 is 0 Å². The third-order valence-corrected chi connectivity index (χ3v) is 7.64. The van der Waals surface area contributed by atoms with Crippen LogP contribution in [0, 0.1) is 18.7 Å². The molecule has 6 aromatic rings. The molecule has 1 aliphatic carbocycles. The Kier molecular flexibility index (Phi) is 5.84. The number of benzene rings is 1. The van der Waals surface area contributed by atoms with Gasteiger partial charge in [0, 0.05) is 52.0 Å². The van der Waals surface area contributed by atoms with E-state index in [0.29, 0.717) is 17.0 Å². The maximum Gasteiger partial charge on any atom is 0.227 e. The summed E-state index contributed by atoms with van der Waals surface area (Å²) in [5.74, 6) is -0.147. The molecule has 0 aliphatic heterocycles. The van der Waals surface area contributed by atoms with Crippen LogP contribution in [0.15, 0.2) is 67.4 Å². The van der Waals surface area contributed by atoms with Gasteiger partial charge in [0.1, 0.15) is 11.5 Å². The molecule has 40 heavy (non-hydrogen) atoms. The molecular formula is C31H26FN7O. The number of nitrogens with one attached hydrogen (secondary N) is 3. The number of aromatic nitrogens is 6. The van der Waals surface area contributed by atoms with Gasteiger partial charge in [0.2, 0.25) is 5.91 Å². The van der Waals surface area contributed by atoms with Crippen LogP contribution < -0.4 is 5.32 Å². The number of pyridine rings is 3. The van der Waals surface area contributed by atoms with Crippen molar-refractivity contribution in [3.63, 3.8) is 0 Å². The van der Waals surface area contributed by atoms with E-state index in [-0.39, 0.29) is 17.6 Å². The second kappa shape index (κ2) is 9.68. The summed E-state index contributed by atoms with van der Waals surface area (Å²) in [4.78, 5) is 29.4. The van der Waals surface area contributed by atoms with Crippen molar-refractivity contribution in [2.45, 2.75) is 32.6 Å². The molecule has 7 rings (SSSR count). The number of aromatic amines is 2. The summed E-state index contributed by atoms with van der Waals surface area (Å²) in [5, 5.41) is 12.4. The monoisotopic (exact) mass is 531 g/mol. The van der Waals surface area contributed by atoms with Crippen LogP contribution in [-0.4, -0.2) is 36.0 Å². The molecule has 0 atom stereocenters. The summed E-state index contributed by atoms with van der Waals surface area (Å²) in [5.41, 5.74) is 7.79. The van der Waals surface area contributed by atoms with Crippen molar-refractivity contribution >= 4 is 33.5 Å². The van der Waals surface area contributed by atoms with Crippen LogP contribution in [0.2, 0.25) is 0 Å². The number of fused-ring (bicyclic) bond motifs is 2. The number of nitrogens with zero attached hydrogens (tertiary/aromatic N) is 4. The average molecular weight is 532 g/mol. The lowest BCUT2D eigenvalue weighted by Crippen LogP contribution is -2.20. The number of hydrogen-bond acceptors (Lipinski definition) is 5. The summed E-state index contributed by atoms with van der Waals surface area (Å²) in [6.07, 6.45) is 12.8. The average Bonchev–Trinajstić information content (AvgIpc) is 3.71. The molecule has 1 aromatic carbocycles. The van der Waals surface area contributed by atoms with Crippen LogP contribution >= 0.6 is 0 Å². The fourth-order valence-corrected chi connectivity index (χ4v) is 5.67. The quantitative estimate of drug-likeness (QED) is 0.226. The molecule has 0 bridgehead atoms. The van der Waals surface area contributed by atoms with Crippen LogP contribution in [0.5, 0.6) is 0 Å². The van der Waals surface area contributed by atoms with E-state index in [4.69, 9.17) is 0 Å². The number of halogens is 1. The topological polar surface area (TPSA) is 112 Å². The molecule has 0 radical (unpaired) electrons. The van der Waals surface area contributed by atoms with Gasteiger partial charge in [-0.15, -0.1) is 0 Å². The molecule has 0 unspecified atom stereocenters. The standard InChI is InChI=1S/C31H26FN7O/c1-17-6-19(8-22(32)7-17)26-15-34-16-28-24(26)11-27(37-28)29-25-10-21(13-35-30(25)39-38-29)20-9-23(14-33-12-20)36-31(40)18-4-2-3-5-18/h6-16,18,37H,2-5H2,1H3,(H,36,40)(H,35,38,39). The molecule has 9 heteroatoms. The predicted molar refractivity (Wildman–Crippen MR) is 153 cm³/mol.